The van der Waals surface area contributed by atoms with Crippen molar-refractivity contribution < 1.29 is 13.2 Å². The second kappa shape index (κ2) is 6.92. The molecular weight excluding hydrogens is 348 g/mol. The first-order valence-electron chi connectivity index (χ1n) is 6.44. The first kappa shape index (κ1) is 17.2. The lowest BCUT2D eigenvalue weighted by Crippen LogP contribution is -2.46. The van der Waals surface area contributed by atoms with Gasteiger partial charge in [-0.15, -0.1) is 0 Å². The third kappa shape index (κ3) is 4.39. The molecule has 1 aromatic rings. The Bertz CT molecular complexity index is 502. The second-order valence-corrected chi connectivity index (χ2v) is 6.07. The molecule has 0 aromatic heterocycles. The molecule has 8 heteroatoms. The predicted octanol–water partition coefficient (Wildman–Crippen LogP) is 4.55. The number of rotatable bonds is 3. The minimum atomic E-state index is -4.31. The van der Waals surface area contributed by atoms with E-state index < -0.39 is 18.6 Å². The third-order valence-corrected chi connectivity index (χ3v) is 4.58. The summed E-state index contributed by atoms with van der Waals surface area (Å²) in [6.07, 6.45) is -5.32. The lowest BCUT2D eigenvalue weighted by Gasteiger charge is -2.36. The molecule has 1 N–H and O–H groups in total. The van der Waals surface area contributed by atoms with Crippen LogP contribution in [-0.2, 0) is 0 Å². The van der Waals surface area contributed by atoms with Crippen LogP contribution in [0.2, 0.25) is 15.1 Å². The van der Waals surface area contributed by atoms with Crippen molar-refractivity contribution in [3.8, 4) is 0 Å². The molecule has 0 spiro atoms. The summed E-state index contributed by atoms with van der Waals surface area (Å²) in [7, 11) is 0. The first-order valence-corrected chi connectivity index (χ1v) is 7.58. The van der Waals surface area contributed by atoms with Gasteiger partial charge in [-0.25, -0.2) is 0 Å². The number of hydrogen-bond donors (Lipinski definition) is 1. The highest BCUT2D eigenvalue weighted by Gasteiger charge is 2.38. The van der Waals surface area contributed by atoms with E-state index in [4.69, 9.17) is 34.8 Å². The quantitative estimate of drug-likeness (QED) is 0.795. The normalized spacial score (nSPS) is 18.8. The first-order chi connectivity index (χ1) is 9.79. The number of piperazine rings is 1. The van der Waals surface area contributed by atoms with Crippen LogP contribution in [0, 0.1) is 0 Å². The van der Waals surface area contributed by atoms with E-state index in [0.29, 0.717) is 26.2 Å². The number of alkyl halides is 3. The molecule has 21 heavy (non-hydrogen) atoms. The molecule has 1 heterocycles. The highest BCUT2D eigenvalue weighted by Crippen LogP contribution is 2.42. The van der Waals surface area contributed by atoms with Crippen LogP contribution < -0.4 is 5.32 Å². The summed E-state index contributed by atoms with van der Waals surface area (Å²) in [5, 5.41) is 3.62. The smallest absolute Gasteiger partial charge is 0.314 e. The van der Waals surface area contributed by atoms with E-state index in [2.05, 4.69) is 5.32 Å². The van der Waals surface area contributed by atoms with Crippen LogP contribution >= 0.6 is 34.8 Å². The van der Waals surface area contributed by atoms with Gasteiger partial charge in [0, 0.05) is 42.8 Å². The molecule has 1 atom stereocenters. The number of halogens is 6. The maximum atomic E-state index is 12.9. The molecule has 0 aliphatic carbocycles. The lowest BCUT2D eigenvalue weighted by atomic mass is 10.0. The van der Waals surface area contributed by atoms with Gasteiger partial charge < -0.3 is 5.32 Å². The maximum absolute atomic E-state index is 12.9. The van der Waals surface area contributed by atoms with Gasteiger partial charge in [-0.2, -0.15) is 13.2 Å². The maximum Gasteiger partial charge on any atom is 0.390 e. The van der Waals surface area contributed by atoms with E-state index in [1.165, 1.54) is 12.1 Å². The van der Waals surface area contributed by atoms with Crippen molar-refractivity contribution in [3.63, 3.8) is 0 Å². The monoisotopic (exact) mass is 360 g/mol. The molecule has 0 radical (unpaired) electrons. The molecular formula is C13H14Cl3F3N2. The predicted molar refractivity (Wildman–Crippen MR) is 79.3 cm³/mol. The van der Waals surface area contributed by atoms with Crippen LogP contribution in [0.1, 0.15) is 18.0 Å². The summed E-state index contributed by atoms with van der Waals surface area (Å²) >= 11 is 18.1. The Morgan fingerprint density at radius 1 is 1.10 bits per heavy atom. The van der Waals surface area contributed by atoms with Gasteiger partial charge in [0.15, 0.2) is 0 Å². The summed E-state index contributed by atoms with van der Waals surface area (Å²) in [6.45, 7) is 2.26. The van der Waals surface area contributed by atoms with Crippen molar-refractivity contribution in [3.05, 3.63) is 32.8 Å². The minimum Gasteiger partial charge on any atom is -0.314 e. The van der Waals surface area contributed by atoms with E-state index in [0.717, 1.165) is 0 Å². The zero-order valence-corrected chi connectivity index (χ0v) is 13.3. The van der Waals surface area contributed by atoms with E-state index in [1.54, 1.807) is 4.90 Å². The van der Waals surface area contributed by atoms with Gasteiger partial charge in [0.25, 0.3) is 0 Å². The number of nitrogens with zero attached hydrogens (tertiary/aromatic N) is 1. The van der Waals surface area contributed by atoms with Gasteiger partial charge in [0.1, 0.15) is 0 Å². The van der Waals surface area contributed by atoms with Gasteiger partial charge in [-0.1, -0.05) is 34.8 Å². The van der Waals surface area contributed by atoms with Gasteiger partial charge in [0.2, 0.25) is 0 Å². The topological polar surface area (TPSA) is 15.3 Å². The summed E-state index contributed by atoms with van der Waals surface area (Å²) in [5.41, 5.74) is 0.255. The van der Waals surface area contributed by atoms with Crippen molar-refractivity contribution in [1.82, 2.24) is 10.2 Å². The highest BCUT2D eigenvalue weighted by atomic mass is 35.5. The number of hydrogen-bond acceptors (Lipinski definition) is 2. The van der Waals surface area contributed by atoms with Gasteiger partial charge in [-0.05, 0) is 12.1 Å². The van der Waals surface area contributed by atoms with E-state index in [9.17, 15) is 13.2 Å². The zero-order chi connectivity index (χ0) is 15.6. The molecule has 1 aliphatic rings. The molecule has 2 rings (SSSR count). The Hall–Kier alpha value is -0.200. The summed E-state index contributed by atoms with van der Waals surface area (Å²) in [6, 6.07) is 2.04. The largest absolute Gasteiger partial charge is 0.390 e. The van der Waals surface area contributed by atoms with Gasteiger partial charge in [0.05, 0.1) is 16.5 Å². The molecule has 1 fully saturated rings. The van der Waals surface area contributed by atoms with E-state index in [1.807, 2.05) is 0 Å². The van der Waals surface area contributed by atoms with Gasteiger partial charge in [-0.3, -0.25) is 4.90 Å². The molecule has 0 unspecified atom stereocenters. The SMILES string of the molecule is FC(F)(F)C[C@@H](c1c(Cl)ccc(Cl)c1Cl)N1CCNCC1. The average molecular weight is 362 g/mol. The Balaban J connectivity index is 2.41. The molecule has 118 valence electrons. The molecule has 2 nitrogen and oxygen atoms in total. The standard InChI is InChI=1S/C13H14Cl3F3N2/c14-8-1-2-9(15)12(16)11(8)10(7-13(17,18)19)21-5-3-20-4-6-21/h1-2,10,20H,3-7H2/t10-/m0/s1. The summed E-state index contributed by atoms with van der Waals surface area (Å²) in [5.74, 6) is 0. The number of benzene rings is 1. The molecule has 0 bridgehead atoms. The van der Waals surface area contributed by atoms with Crippen LogP contribution in [0.5, 0.6) is 0 Å². The van der Waals surface area contributed by atoms with Crippen LogP contribution in [0.3, 0.4) is 0 Å². The van der Waals surface area contributed by atoms with Gasteiger partial charge >= 0.3 is 6.18 Å². The minimum absolute atomic E-state index is 0.0944. The fourth-order valence-electron chi connectivity index (χ4n) is 2.47. The van der Waals surface area contributed by atoms with Crippen molar-refractivity contribution in [2.24, 2.45) is 0 Å². The zero-order valence-electron chi connectivity index (χ0n) is 11.0. The third-order valence-electron chi connectivity index (χ3n) is 3.43. The van der Waals surface area contributed by atoms with Crippen LogP contribution in [0.4, 0.5) is 13.2 Å². The molecule has 0 saturated carbocycles. The van der Waals surface area contributed by atoms with E-state index >= 15 is 0 Å². The van der Waals surface area contributed by atoms with Crippen molar-refractivity contribution in [2.45, 2.75) is 18.6 Å². The fraction of sp³-hybridized carbons (Fsp3) is 0.538. The molecule has 1 aliphatic heterocycles. The van der Waals surface area contributed by atoms with Crippen molar-refractivity contribution >= 4 is 34.8 Å². The number of nitrogens with one attached hydrogen (secondary N) is 1. The van der Waals surface area contributed by atoms with Crippen molar-refractivity contribution in [2.75, 3.05) is 26.2 Å². The average Bonchev–Trinajstić information content (AvgIpc) is 2.42. The Kier molecular flexibility index (Phi) is 5.65. The van der Waals surface area contributed by atoms with Crippen LogP contribution in [0.15, 0.2) is 12.1 Å². The molecule has 1 aromatic carbocycles. The van der Waals surface area contributed by atoms with Crippen LogP contribution in [-0.4, -0.2) is 37.3 Å². The Morgan fingerprint density at radius 3 is 2.24 bits per heavy atom. The second-order valence-electron chi connectivity index (χ2n) is 4.88. The van der Waals surface area contributed by atoms with Crippen LogP contribution in [0.25, 0.3) is 0 Å². The van der Waals surface area contributed by atoms with Crippen molar-refractivity contribution in [1.29, 1.82) is 0 Å². The molecule has 1 saturated heterocycles. The summed E-state index contributed by atoms with van der Waals surface area (Å²) in [4.78, 5) is 1.74. The fourth-order valence-corrected chi connectivity index (χ4v) is 3.26. The highest BCUT2D eigenvalue weighted by molar-refractivity contribution is 6.44. The summed E-state index contributed by atoms with van der Waals surface area (Å²) < 4.78 is 38.8. The Morgan fingerprint density at radius 2 is 1.67 bits per heavy atom. The Labute approximate surface area is 136 Å². The molecule has 0 amide bonds. The van der Waals surface area contributed by atoms with E-state index in [-0.39, 0.29) is 20.6 Å². The lowest BCUT2D eigenvalue weighted by molar-refractivity contribution is -0.148.